The van der Waals surface area contributed by atoms with Crippen LogP contribution in [0.5, 0.6) is 0 Å². The SMILES string of the molecule is CCc1cnc([C@H](C)NS(=O)(=O)c2cccc(F)c2C#N)s1. The second-order valence-electron chi connectivity index (χ2n) is 4.59. The molecule has 0 aliphatic rings. The van der Waals surface area contributed by atoms with Crippen LogP contribution in [-0.2, 0) is 16.4 Å². The lowest BCUT2D eigenvalue weighted by molar-refractivity contribution is 0.562. The van der Waals surface area contributed by atoms with E-state index in [1.807, 2.05) is 6.92 Å². The summed E-state index contributed by atoms with van der Waals surface area (Å²) in [5, 5.41) is 9.58. The van der Waals surface area contributed by atoms with Gasteiger partial charge in [0.05, 0.1) is 6.04 Å². The van der Waals surface area contributed by atoms with Crippen molar-refractivity contribution in [1.82, 2.24) is 9.71 Å². The molecule has 1 atom stereocenters. The number of hydrogen-bond donors (Lipinski definition) is 1. The number of halogens is 1. The van der Waals surface area contributed by atoms with E-state index in [2.05, 4.69) is 9.71 Å². The van der Waals surface area contributed by atoms with Crippen LogP contribution < -0.4 is 4.72 Å². The van der Waals surface area contributed by atoms with Gasteiger partial charge < -0.3 is 0 Å². The molecule has 0 aliphatic heterocycles. The van der Waals surface area contributed by atoms with Crippen molar-refractivity contribution in [2.75, 3.05) is 0 Å². The Morgan fingerprint density at radius 3 is 2.82 bits per heavy atom. The zero-order valence-electron chi connectivity index (χ0n) is 12.0. The Kier molecular flexibility index (Phi) is 4.90. The highest BCUT2D eigenvalue weighted by Gasteiger charge is 2.24. The zero-order valence-corrected chi connectivity index (χ0v) is 13.6. The van der Waals surface area contributed by atoms with Crippen LogP contribution in [0.3, 0.4) is 0 Å². The number of nitriles is 1. The van der Waals surface area contributed by atoms with Gasteiger partial charge in [0.25, 0.3) is 0 Å². The summed E-state index contributed by atoms with van der Waals surface area (Å²) in [6.07, 6.45) is 2.52. The van der Waals surface area contributed by atoms with Crippen LogP contribution in [0, 0.1) is 17.1 Å². The van der Waals surface area contributed by atoms with Gasteiger partial charge in [0.2, 0.25) is 10.0 Å². The van der Waals surface area contributed by atoms with E-state index in [9.17, 15) is 12.8 Å². The van der Waals surface area contributed by atoms with E-state index in [4.69, 9.17) is 5.26 Å². The largest absolute Gasteiger partial charge is 0.248 e. The van der Waals surface area contributed by atoms with Crippen LogP contribution in [0.4, 0.5) is 4.39 Å². The summed E-state index contributed by atoms with van der Waals surface area (Å²) in [5.74, 6) is -0.861. The van der Waals surface area contributed by atoms with Gasteiger partial charge >= 0.3 is 0 Å². The highest BCUT2D eigenvalue weighted by molar-refractivity contribution is 7.89. The number of sulfonamides is 1. The third-order valence-corrected chi connectivity index (χ3v) is 5.91. The normalized spacial score (nSPS) is 12.8. The van der Waals surface area contributed by atoms with Crippen LogP contribution >= 0.6 is 11.3 Å². The van der Waals surface area contributed by atoms with E-state index in [1.165, 1.54) is 23.5 Å². The fraction of sp³-hybridized carbons (Fsp3) is 0.286. The van der Waals surface area contributed by atoms with Gasteiger partial charge in [-0.15, -0.1) is 11.3 Å². The summed E-state index contributed by atoms with van der Waals surface area (Å²) in [6, 6.07) is 4.54. The first kappa shape index (κ1) is 16.5. The standard InChI is InChI=1S/C14H14FN3O2S2/c1-3-10-8-17-14(21-10)9(2)18-22(19,20)13-6-4-5-12(15)11(13)7-16/h4-6,8-9,18H,3H2,1-2H3/t9-/m0/s1. The molecule has 2 rings (SSSR count). The second-order valence-corrected chi connectivity index (χ2v) is 7.42. The summed E-state index contributed by atoms with van der Waals surface area (Å²) in [4.78, 5) is 4.86. The van der Waals surface area contributed by atoms with Crippen molar-refractivity contribution in [2.24, 2.45) is 0 Å². The van der Waals surface area contributed by atoms with Gasteiger partial charge in [-0.05, 0) is 25.5 Å². The lowest BCUT2D eigenvalue weighted by Crippen LogP contribution is -2.27. The summed E-state index contributed by atoms with van der Waals surface area (Å²) < 4.78 is 40.7. The van der Waals surface area contributed by atoms with Gasteiger partial charge in [0, 0.05) is 11.1 Å². The third-order valence-electron chi connectivity index (χ3n) is 3.00. The van der Waals surface area contributed by atoms with Crippen molar-refractivity contribution in [2.45, 2.75) is 31.2 Å². The van der Waals surface area contributed by atoms with Gasteiger partial charge in [-0.1, -0.05) is 13.0 Å². The zero-order chi connectivity index (χ0) is 16.3. The molecule has 2 aromatic rings. The van der Waals surface area contributed by atoms with Crippen molar-refractivity contribution in [3.8, 4) is 6.07 Å². The Labute approximate surface area is 132 Å². The highest BCUT2D eigenvalue weighted by Crippen LogP contribution is 2.24. The maximum absolute atomic E-state index is 13.6. The second kappa shape index (κ2) is 6.52. The van der Waals surface area contributed by atoms with Crippen LogP contribution in [0.15, 0.2) is 29.3 Å². The Hall–Kier alpha value is -1.82. The maximum Gasteiger partial charge on any atom is 0.242 e. The average molecular weight is 339 g/mol. The van der Waals surface area contributed by atoms with Gasteiger partial charge in [0.1, 0.15) is 27.4 Å². The first-order valence-electron chi connectivity index (χ1n) is 6.54. The quantitative estimate of drug-likeness (QED) is 0.908. The van der Waals surface area contributed by atoms with E-state index >= 15 is 0 Å². The molecule has 1 aromatic heterocycles. The number of thiazole rings is 1. The topological polar surface area (TPSA) is 82.8 Å². The molecule has 0 bridgehead atoms. The lowest BCUT2D eigenvalue weighted by Gasteiger charge is -2.13. The number of hydrogen-bond acceptors (Lipinski definition) is 5. The van der Waals surface area contributed by atoms with Gasteiger partial charge in [-0.3, -0.25) is 0 Å². The van der Waals surface area contributed by atoms with Crippen LogP contribution in [-0.4, -0.2) is 13.4 Å². The molecule has 0 amide bonds. The van der Waals surface area contributed by atoms with Crippen LogP contribution in [0.2, 0.25) is 0 Å². The van der Waals surface area contributed by atoms with Gasteiger partial charge in [-0.25, -0.2) is 22.5 Å². The Balaban J connectivity index is 2.32. The molecule has 1 N–H and O–H groups in total. The predicted octanol–water partition coefficient (Wildman–Crippen LogP) is 2.76. The number of aryl methyl sites for hydroxylation is 1. The maximum atomic E-state index is 13.6. The molecule has 1 aromatic carbocycles. The van der Waals surface area contributed by atoms with Crippen molar-refractivity contribution in [3.05, 3.63) is 45.7 Å². The fourth-order valence-corrected chi connectivity index (χ4v) is 4.18. The first-order valence-corrected chi connectivity index (χ1v) is 8.84. The number of rotatable bonds is 5. The molecule has 0 saturated heterocycles. The molecule has 0 radical (unpaired) electrons. The summed E-state index contributed by atoms with van der Waals surface area (Å²) in [6.45, 7) is 3.64. The minimum Gasteiger partial charge on any atom is -0.248 e. The Bertz CT molecular complexity index is 825. The van der Waals surface area contributed by atoms with E-state index in [1.54, 1.807) is 19.2 Å². The third kappa shape index (κ3) is 3.32. The van der Waals surface area contributed by atoms with Crippen molar-refractivity contribution in [1.29, 1.82) is 5.26 Å². The lowest BCUT2D eigenvalue weighted by atomic mass is 10.2. The molecule has 1 heterocycles. The molecule has 8 heteroatoms. The van der Waals surface area contributed by atoms with Crippen molar-refractivity contribution in [3.63, 3.8) is 0 Å². The molecule has 0 aliphatic carbocycles. The molecule has 116 valence electrons. The van der Waals surface area contributed by atoms with Crippen molar-refractivity contribution >= 4 is 21.4 Å². The molecule has 22 heavy (non-hydrogen) atoms. The molecule has 0 saturated carbocycles. The van der Waals surface area contributed by atoms with Crippen LogP contribution in [0.1, 0.15) is 35.3 Å². The highest BCUT2D eigenvalue weighted by atomic mass is 32.2. The number of aromatic nitrogens is 1. The molecule has 0 fully saturated rings. The van der Waals surface area contributed by atoms with E-state index in [-0.39, 0.29) is 4.90 Å². The van der Waals surface area contributed by atoms with Gasteiger partial charge in [0.15, 0.2) is 0 Å². The van der Waals surface area contributed by atoms with E-state index in [0.29, 0.717) is 5.01 Å². The van der Waals surface area contributed by atoms with E-state index in [0.717, 1.165) is 17.4 Å². The monoisotopic (exact) mass is 339 g/mol. The van der Waals surface area contributed by atoms with Crippen LogP contribution in [0.25, 0.3) is 0 Å². The number of benzene rings is 1. The average Bonchev–Trinajstić information content (AvgIpc) is 2.95. The first-order chi connectivity index (χ1) is 10.4. The molecular formula is C14H14FN3O2S2. The molecular weight excluding hydrogens is 325 g/mol. The van der Waals surface area contributed by atoms with E-state index < -0.39 is 27.4 Å². The molecule has 0 spiro atoms. The predicted molar refractivity (Wildman–Crippen MR) is 81.3 cm³/mol. The Morgan fingerprint density at radius 2 is 2.23 bits per heavy atom. The Morgan fingerprint density at radius 1 is 1.50 bits per heavy atom. The summed E-state index contributed by atoms with van der Waals surface area (Å²) in [7, 11) is -4.02. The summed E-state index contributed by atoms with van der Waals surface area (Å²) >= 11 is 1.41. The van der Waals surface area contributed by atoms with Crippen molar-refractivity contribution < 1.29 is 12.8 Å². The molecule has 5 nitrogen and oxygen atoms in total. The summed E-state index contributed by atoms with van der Waals surface area (Å²) in [5.41, 5.74) is -0.490. The number of nitrogens with one attached hydrogen (secondary N) is 1. The molecule has 0 unspecified atom stereocenters. The minimum absolute atomic E-state index is 0.367. The smallest absolute Gasteiger partial charge is 0.242 e. The minimum atomic E-state index is -4.02. The number of nitrogens with zero attached hydrogens (tertiary/aromatic N) is 2. The van der Waals surface area contributed by atoms with Gasteiger partial charge in [-0.2, -0.15) is 5.26 Å². The fourth-order valence-electron chi connectivity index (χ4n) is 1.87.